The molecular formula is C26H36N2O7S2. The Hall–Kier alpha value is -2.31. The standard InChI is InChI=1S/C26H36N2O7S2/c1-18(2)14-28(37(32,33)21-10-11-24-25(13-21)35-17-34-24)15-23(29)22(12-20-8-6-5-7-9-20)27-26(30)19(3)16-36(4)31/h5-11,13,18-19,22-23,29H,12,14-17H2,1-4H3,(H,27,30)/t19-,22+,23-,36?/m1/s1. The molecule has 2 N–H and O–H groups in total. The molecule has 4 atom stereocenters. The Morgan fingerprint density at radius 1 is 1.11 bits per heavy atom. The third kappa shape index (κ3) is 8.08. The second-order valence-electron chi connectivity index (χ2n) is 9.74. The van der Waals surface area contributed by atoms with Crippen molar-refractivity contribution < 1.29 is 32.3 Å². The number of nitrogens with zero attached hydrogens (tertiary/aromatic N) is 1. The summed E-state index contributed by atoms with van der Waals surface area (Å²) in [6.07, 6.45) is 0.631. The summed E-state index contributed by atoms with van der Waals surface area (Å²) in [5, 5.41) is 14.2. The van der Waals surface area contributed by atoms with Gasteiger partial charge in [-0.15, -0.1) is 0 Å². The summed E-state index contributed by atoms with van der Waals surface area (Å²) in [4.78, 5) is 12.9. The first-order valence-electron chi connectivity index (χ1n) is 12.2. The number of hydrogen-bond donors (Lipinski definition) is 2. The quantitative estimate of drug-likeness (QED) is 0.365. The van der Waals surface area contributed by atoms with Crippen LogP contribution in [0.4, 0.5) is 0 Å². The molecule has 1 aliphatic rings. The maximum absolute atomic E-state index is 13.6. The Labute approximate surface area is 222 Å². The number of benzene rings is 2. The lowest BCUT2D eigenvalue weighted by Gasteiger charge is -2.31. The van der Waals surface area contributed by atoms with Gasteiger partial charge in [-0.3, -0.25) is 4.79 Å². The second kappa shape index (κ2) is 13.0. The number of rotatable bonds is 13. The molecule has 2 aromatic rings. The Kier molecular flexibility index (Phi) is 10.3. The molecule has 0 aromatic heterocycles. The molecule has 9 nitrogen and oxygen atoms in total. The van der Waals surface area contributed by atoms with Crippen molar-refractivity contribution in [2.75, 3.05) is 31.9 Å². The van der Waals surface area contributed by atoms with Crippen LogP contribution in [0.3, 0.4) is 0 Å². The highest BCUT2D eigenvalue weighted by Crippen LogP contribution is 2.34. The molecule has 1 unspecified atom stereocenters. The predicted molar refractivity (Wildman–Crippen MR) is 142 cm³/mol. The molecule has 0 fully saturated rings. The number of carbonyl (C=O) groups is 1. The van der Waals surface area contributed by atoms with Crippen molar-refractivity contribution in [1.82, 2.24) is 9.62 Å². The van der Waals surface area contributed by atoms with Crippen LogP contribution in [0, 0.1) is 11.8 Å². The molecule has 0 aliphatic carbocycles. The number of aliphatic hydroxyl groups excluding tert-OH is 1. The van der Waals surface area contributed by atoms with Crippen LogP contribution in [0.5, 0.6) is 11.5 Å². The van der Waals surface area contributed by atoms with Crippen molar-refractivity contribution in [1.29, 1.82) is 0 Å². The van der Waals surface area contributed by atoms with Crippen molar-refractivity contribution in [2.24, 2.45) is 11.8 Å². The number of amides is 1. The maximum Gasteiger partial charge on any atom is 0.243 e. The number of sulfonamides is 1. The van der Waals surface area contributed by atoms with Crippen molar-refractivity contribution in [3.8, 4) is 11.5 Å². The maximum atomic E-state index is 13.6. The van der Waals surface area contributed by atoms with Crippen LogP contribution >= 0.6 is 0 Å². The number of ether oxygens (including phenoxy) is 2. The van der Waals surface area contributed by atoms with Gasteiger partial charge in [0.25, 0.3) is 0 Å². The first kappa shape index (κ1) is 29.2. The summed E-state index contributed by atoms with van der Waals surface area (Å²) in [6, 6.07) is 13.0. The minimum Gasteiger partial charge on any atom is -0.617 e. The monoisotopic (exact) mass is 552 g/mol. The van der Waals surface area contributed by atoms with E-state index in [9.17, 15) is 22.9 Å². The van der Waals surface area contributed by atoms with Crippen molar-refractivity contribution in [3.05, 3.63) is 54.1 Å². The fourth-order valence-corrected chi connectivity index (χ4v) is 6.60. The van der Waals surface area contributed by atoms with Gasteiger partial charge in [-0.2, -0.15) is 4.31 Å². The average Bonchev–Trinajstić information content (AvgIpc) is 3.31. The fourth-order valence-electron chi connectivity index (χ4n) is 4.10. The van der Waals surface area contributed by atoms with E-state index in [0.29, 0.717) is 17.9 Å². The lowest BCUT2D eigenvalue weighted by atomic mass is 10.00. The van der Waals surface area contributed by atoms with Crippen molar-refractivity contribution in [3.63, 3.8) is 0 Å². The van der Waals surface area contributed by atoms with Crippen LogP contribution in [0.15, 0.2) is 53.4 Å². The number of aliphatic hydroxyl groups is 1. The minimum atomic E-state index is -3.99. The van der Waals surface area contributed by atoms with E-state index in [1.807, 2.05) is 44.2 Å². The number of carbonyl (C=O) groups excluding carboxylic acids is 1. The summed E-state index contributed by atoms with van der Waals surface area (Å²) in [7, 11) is -3.99. The first-order chi connectivity index (χ1) is 17.5. The minimum absolute atomic E-state index is 0.0160. The van der Waals surface area contributed by atoms with Crippen LogP contribution in [-0.2, 0) is 32.4 Å². The molecule has 0 spiro atoms. The van der Waals surface area contributed by atoms with E-state index in [-0.39, 0.29) is 42.4 Å². The third-order valence-corrected chi connectivity index (χ3v) is 8.76. The first-order valence-corrected chi connectivity index (χ1v) is 15.4. The molecule has 1 amide bonds. The van der Waals surface area contributed by atoms with Crippen LogP contribution in [0.1, 0.15) is 26.3 Å². The zero-order chi connectivity index (χ0) is 27.2. The lowest BCUT2D eigenvalue weighted by Crippen LogP contribution is -2.52. The van der Waals surface area contributed by atoms with Gasteiger partial charge in [-0.1, -0.05) is 55.4 Å². The van der Waals surface area contributed by atoms with E-state index in [2.05, 4.69) is 5.32 Å². The van der Waals surface area contributed by atoms with Gasteiger partial charge in [0.1, 0.15) is 5.75 Å². The highest BCUT2D eigenvalue weighted by molar-refractivity contribution is 7.90. The zero-order valence-corrected chi connectivity index (χ0v) is 23.3. The summed E-state index contributed by atoms with van der Waals surface area (Å²) in [6.45, 7) is 5.44. The summed E-state index contributed by atoms with van der Waals surface area (Å²) < 4.78 is 50.8. The molecular weight excluding hydrogens is 516 g/mol. The third-order valence-electron chi connectivity index (χ3n) is 5.96. The van der Waals surface area contributed by atoms with E-state index in [0.717, 1.165) is 5.56 Å². The summed E-state index contributed by atoms with van der Waals surface area (Å²) in [5.41, 5.74) is 0.882. The Balaban J connectivity index is 1.85. The van der Waals surface area contributed by atoms with Gasteiger partial charge < -0.3 is 24.4 Å². The molecule has 1 aliphatic heterocycles. The Morgan fingerprint density at radius 2 is 1.78 bits per heavy atom. The predicted octanol–water partition coefficient (Wildman–Crippen LogP) is 2.16. The molecule has 2 aromatic carbocycles. The molecule has 11 heteroatoms. The van der Waals surface area contributed by atoms with E-state index in [1.54, 1.807) is 13.0 Å². The smallest absolute Gasteiger partial charge is 0.243 e. The van der Waals surface area contributed by atoms with E-state index in [4.69, 9.17) is 9.47 Å². The van der Waals surface area contributed by atoms with Gasteiger partial charge in [-0.25, -0.2) is 8.42 Å². The highest BCUT2D eigenvalue weighted by atomic mass is 32.2. The van der Waals surface area contributed by atoms with Crippen molar-refractivity contribution >= 4 is 27.1 Å². The molecule has 0 saturated carbocycles. The molecule has 204 valence electrons. The van der Waals surface area contributed by atoms with Gasteiger partial charge in [-0.05, 0) is 37.0 Å². The average molecular weight is 553 g/mol. The highest BCUT2D eigenvalue weighted by Gasteiger charge is 2.33. The molecule has 37 heavy (non-hydrogen) atoms. The fraction of sp³-hybridized carbons (Fsp3) is 0.500. The normalized spacial score (nSPS) is 16.4. The van der Waals surface area contributed by atoms with Gasteiger partial charge in [0.15, 0.2) is 11.5 Å². The Morgan fingerprint density at radius 3 is 2.43 bits per heavy atom. The number of nitrogens with one attached hydrogen (secondary N) is 1. The molecule has 3 rings (SSSR count). The topological polar surface area (TPSA) is 128 Å². The van der Waals surface area contributed by atoms with Gasteiger partial charge in [0.2, 0.25) is 22.7 Å². The second-order valence-corrected chi connectivity index (χ2v) is 13.2. The van der Waals surface area contributed by atoms with E-state index in [1.165, 1.54) is 22.7 Å². The van der Waals surface area contributed by atoms with Crippen LogP contribution in [0.2, 0.25) is 0 Å². The molecule has 0 bridgehead atoms. The lowest BCUT2D eigenvalue weighted by molar-refractivity contribution is -0.125. The SMILES string of the molecule is CC(C)CN(C[C@@H](O)[C@H](Cc1ccccc1)NC(=O)[C@H](C)C[S+](C)[O-])S(=O)(=O)c1ccc2c(c1)OCO2. The molecule has 1 heterocycles. The Bertz CT molecular complexity index is 1140. The summed E-state index contributed by atoms with van der Waals surface area (Å²) in [5.74, 6) is 0.130. The largest absolute Gasteiger partial charge is 0.617 e. The number of hydrogen-bond acceptors (Lipinski definition) is 7. The van der Waals surface area contributed by atoms with Crippen LogP contribution < -0.4 is 14.8 Å². The molecule has 0 saturated heterocycles. The molecule has 0 radical (unpaired) electrons. The van der Waals surface area contributed by atoms with Gasteiger partial charge in [0.05, 0.1) is 29.2 Å². The van der Waals surface area contributed by atoms with E-state index < -0.39 is 39.3 Å². The van der Waals surface area contributed by atoms with Crippen LogP contribution in [-0.4, -0.2) is 72.3 Å². The zero-order valence-electron chi connectivity index (χ0n) is 21.6. The summed E-state index contributed by atoms with van der Waals surface area (Å²) >= 11 is -1.16. The van der Waals surface area contributed by atoms with E-state index >= 15 is 0 Å². The van der Waals surface area contributed by atoms with Crippen molar-refractivity contribution in [2.45, 2.75) is 44.2 Å². The van der Waals surface area contributed by atoms with Gasteiger partial charge >= 0.3 is 0 Å². The number of fused-ring (bicyclic) bond motifs is 1. The van der Waals surface area contributed by atoms with Crippen LogP contribution in [0.25, 0.3) is 0 Å². The van der Waals surface area contributed by atoms with Gasteiger partial charge in [0, 0.05) is 19.2 Å².